The van der Waals surface area contributed by atoms with Gasteiger partial charge >= 0.3 is 0 Å². The fraction of sp³-hybridized carbons (Fsp3) is 0.419. The van der Waals surface area contributed by atoms with Crippen molar-refractivity contribution in [3.63, 3.8) is 0 Å². The lowest BCUT2D eigenvalue weighted by Crippen LogP contribution is -2.54. The average molecular weight is 604 g/mol. The standard InChI is InChI=1S/C31H33F4N3O3S/c32-24-5-3-21(4-6-24)30(22-11-25(33)14-26(34)12-22)15-28(39)13-23-16-37-18-31(35)29(23)8-7-27-17-36-9-10-38(27)42(40,41)19-20-1-2-20/h3-6,11-12,14,16,18,20,27,30,36H,1-2,7-10,13,15,17,19H2/t27-,30-/m0/s1. The first-order valence-electron chi connectivity index (χ1n) is 14.1. The number of nitrogens with zero attached hydrogens (tertiary/aromatic N) is 2. The second-order valence-corrected chi connectivity index (χ2v) is 13.2. The number of pyridine rings is 1. The van der Waals surface area contributed by atoms with Crippen LogP contribution in [0, 0.1) is 29.2 Å². The molecule has 0 spiro atoms. The van der Waals surface area contributed by atoms with Crippen molar-refractivity contribution in [2.75, 3.05) is 25.4 Å². The topological polar surface area (TPSA) is 79.4 Å². The van der Waals surface area contributed by atoms with Crippen molar-refractivity contribution < 1.29 is 30.8 Å². The van der Waals surface area contributed by atoms with E-state index in [2.05, 4.69) is 10.3 Å². The van der Waals surface area contributed by atoms with Crippen LogP contribution in [-0.4, -0.2) is 54.9 Å². The van der Waals surface area contributed by atoms with Crippen molar-refractivity contribution in [1.82, 2.24) is 14.6 Å². The molecule has 6 nitrogen and oxygen atoms in total. The van der Waals surface area contributed by atoms with Crippen LogP contribution in [0.15, 0.2) is 54.9 Å². The number of nitrogens with one attached hydrogen (secondary N) is 1. The number of halogens is 4. The summed E-state index contributed by atoms with van der Waals surface area (Å²) in [5.41, 5.74) is 1.39. The Bertz CT molecular complexity index is 1510. The van der Waals surface area contributed by atoms with Gasteiger partial charge in [0, 0.05) is 56.7 Å². The molecule has 11 heteroatoms. The van der Waals surface area contributed by atoms with Gasteiger partial charge in [0.1, 0.15) is 29.1 Å². The van der Waals surface area contributed by atoms with E-state index in [9.17, 15) is 26.4 Å². The number of hydrogen-bond acceptors (Lipinski definition) is 5. The minimum atomic E-state index is -3.43. The summed E-state index contributed by atoms with van der Waals surface area (Å²) in [6, 6.07) is 8.03. The molecule has 1 aliphatic carbocycles. The van der Waals surface area contributed by atoms with Gasteiger partial charge in [-0.15, -0.1) is 0 Å². The largest absolute Gasteiger partial charge is 0.314 e. The third-order valence-electron chi connectivity index (χ3n) is 8.00. The summed E-state index contributed by atoms with van der Waals surface area (Å²) >= 11 is 0. The summed E-state index contributed by atoms with van der Waals surface area (Å²) < 4.78 is 84.4. The zero-order valence-corrected chi connectivity index (χ0v) is 23.9. The van der Waals surface area contributed by atoms with Gasteiger partial charge in [0.15, 0.2) is 0 Å². The van der Waals surface area contributed by atoms with Gasteiger partial charge in [0.2, 0.25) is 10.0 Å². The van der Waals surface area contributed by atoms with E-state index in [-0.39, 0.29) is 48.3 Å². The second-order valence-electron chi connectivity index (χ2n) is 11.2. The summed E-state index contributed by atoms with van der Waals surface area (Å²) in [7, 11) is -3.43. The zero-order chi connectivity index (χ0) is 29.9. The Hall–Kier alpha value is -3.15. The van der Waals surface area contributed by atoms with Crippen molar-refractivity contribution in [1.29, 1.82) is 0 Å². The van der Waals surface area contributed by atoms with Gasteiger partial charge in [0.25, 0.3) is 0 Å². The molecule has 2 fully saturated rings. The minimum Gasteiger partial charge on any atom is -0.314 e. The predicted molar refractivity (Wildman–Crippen MR) is 150 cm³/mol. The van der Waals surface area contributed by atoms with Crippen molar-refractivity contribution in [2.45, 2.75) is 50.5 Å². The molecule has 2 aliphatic rings. The first kappa shape index (κ1) is 30.3. The molecule has 224 valence electrons. The Balaban J connectivity index is 1.33. The monoisotopic (exact) mass is 603 g/mol. The molecule has 1 saturated heterocycles. The zero-order valence-electron chi connectivity index (χ0n) is 23.0. The lowest BCUT2D eigenvalue weighted by Gasteiger charge is -2.35. The highest BCUT2D eigenvalue weighted by Gasteiger charge is 2.36. The molecule has 3 aromatic rings. The second kappa shape index (κ2) is 13.0. The van der Waals surface area contributed by atoms with Crippen LogP contribution >= 0.6 is 0 Å². The number of Topliss-reactive ketones (excluding diaryl/α,β-unsaturated/α-hetero) is 1. The van der Waals surface area contributed by atoms with E-state index in [0.29, 0.717) is 42.7 Å². The van der Waals surface area contributed by atoms with Crippen LogP contribution in [0.5, 0.6) is 0 Å². The van der Waals surface area contributed by atoms with Crippen molar-refractivity contribution in [3.8, 4) is 0 Å². The SMILES string of the molecule is O=C(Cc1cncc(F)c1CC[C@H]1CNCCN1S(=O)(=O)CC1CC1)C[C@@H](c1ccc(F)cc1)c1cc(F)cc(F)c1. The molecule has 1 N–H and O–H groups in total. The lowest BCUT2D eigenvalue weighted by atomic mass is 9.85. The molecular formula is C31H33F4N3O3S. The van der Waals surface area contributed by atoms with Crippen LogP contribution in [-0.2, 0) is 27.7 Å². The van der Waals surface area contributed by atoms with Crippen LogP contribution in [0.1, 0.15) is 53.9 Å². The first-order valence-corrected chi connectivity index (χ1v) is 15.7. The number of sulfonamides is 1. The predicted octanol–water partition coefficient (Wildman–Crippen LogP) is 4.92. The summed E-state index contributed by atoms with van der Waals surface area (Å²) in [4.78, 5) is 17.3. The number of hydrogen-bond donors (Lipinski definition) is 1. The molecule has 0 bridgehead atoms. The molecule has 0 radical (unpaired) electrons. The third-order valence-corrected chi connectivity index (χ3v) is 10.1. The third kappa shape index (κ3) is 7.62. The number of aromatic nitrogens is 1. The maximum absolute atomic E-state index is 15.0. The number of rotatable bonds is 12. The van der Waals surface area contributed by atoms with Crippen LogP contribution in [0.2, 0.25) is 0 Å². The number of carbonyl (C=O) groups is 1. The fourth-order valence-electron chi connectivity index (χ4n) is 5.69. The molecule has 42 heavy (non-hydrogen) atoms. The summed E-state index contributed by atoms with van der Waals surface area (Å²) in [5, 5.41) is 3.22. The number of carbonyl (C=O) groups excluding carboxylic acids is 1. The van der Waals surface area contributed by atoms with E-state index in [1.54, 1.807) is 0 Å². The maximum atomic E-state index is 15.0. The fourth-order valence-corrected chi connectivity index (χ4v) is 7.81. The molecule has 1 saturated carbocycles. The molecule has 0 amide bonds. The van der Waals surface area contributed by atoms with Crippen molar-refractivity contribution in [2.24, 2.45) is 5.92 Å². The molecule has 5 rings (SSSR count). The molecular weight excluding hydrogens is 570 g/mol. The van der Waals surface area contributed by atoms with E-state index in [1.807, 2.05) is 0 Å². The molecule has 1 aromatic heterocycles. The normalized spacial score (nSPS) is 18.6. The Labute approximate surface area is 243 Å². The van der Waals surface area contributed by atoms with Crippen molar-refractivity contribution in [3.05, 3.63) is 100 Å². The molecule has 2 heterocycles. The Morgan fingerprint density at radius 3 is 2.38 bits per heavy atom. The van der Waals surface area contributed by atoms with Gasteiger partial charge in [-0.05, 0) is 78.1 Å². The van der Waals surface area contributed by atoms with Gasteiger partial charge in [-0.2, -0.15) is 4.31 Å². The van der Waals surface area contributed by atoms with E-state index >= 15 is 4.39 Å². The lowest BCUT2D eigenvalue weighted by molar-refractivity contribution is -0.118. The molecule has 2 aromatic carbocycles. The smallest absolute Gasteiger partial charge is 0.214 e. The number of benzene rings is 2. The van der Waals surface area contributed by atoms with Gasteiger partial charge in [-0.25, -0.2) is 26.0 Å². The van der Waals surface area contributed by atoms with E-state index in [1.165, 1.54) is 34.8 Å². The number of ketones is 1. The number of piperazine rings is 1. The quantitative estimate of drug-likeness (QED) is 0.298. The van der Waals surface area contributed by atoms with Crippen LogP contribution in [0.25, 0.3) is 0 Å². The van der Waals surface area contributed by atoms with Crippen molar-refractivity contribution >= 4 is 15.8 Å². The van der Waals surface area contributed by atoms with Gasteiger partial charge < -0.3 is 5.32 Å². The molecule has 0 unspecified atom stereocenters. The van der Waals surface area contributed by atoms with Crippen LogP contribution in [0.3, 0.4) is 0 Å². The highest BCUT2D eigenvalue weighted by molar-refractivity contribution is 7.89. The summed E-state index contributed by atoms with van der Waals surface area (Å²) in [6.07, 6.45) is 4.56. The average Bonchev–Trinajstić information content (AvgIpc) is 3.75. The minimum absolute atomic E-state index is 0.136. The Morgan fingerprint density at radius 2 is 1.69 bits per heavy atom. The van der Waals surface area contributed by atoms with Crippen LogP contribution in [0.4, 0.5) is 17.6 Å². The summed E-state index contributed by atoms with van der Waals surface area (Å²) in [6.45, 7) is 1.36. The van der Waals surface area contributed by atoms with Gasteiger partial charge in [0.05, 0.1) is 11.9 Å². The highest BCUT2D eigenvalue weighted by atomic mass is 32.2. The van der Waals surface area contributed by atoms with E-state index < -0.39 is 39.2 Å². The Kier molecular flexibility index (Phi) is 9.39. The van der Waals surface area contributed by atoms with Gasteiger partial charge in [-0.1, -0.05) is 12.1 Å². The highest BCUT2D eigenvalue weighted by Crippen LogP contribution is 2.33. The molecule has 2 atom stereocenters. The van der Waals surface area contributed by atoms with Crippen LogP contribution < -0.4 is 5.32 Å². The Morgan fingerprint density at radius 1 is 0.976 bits per heavy atom. The van der Waals surface area contributed by atoms with E-state index in [0.717, 1.165) is 37.2 Å². The summed E-state index contributed by atoms with van der Waals surface area (Å²) in [5.74, 6) is -3.41. The molecule has 1 aliphatic heterocycles. The first-order chi connectivity index (χ1) is 20.1. The van der Waals surface area contributed by atoms with E-state index in [4.69, 9.17) is 0 Å². The van der Waals surface area contributed by atoms with Gasteiger partial charge in [-0.3, -0.25) is 9.78 Å². The maximum Gasteiger partial charge on any atom is 0.214 e.